The Kier molecular flexibility index (Phi) is 19.3. The Morgan fingerprint density at radius 1 is 1.28 bits per heavy atom. The highest BCUT2D eigenvalue weighted by Gasteiger charge is 2.06. The zero-order chi connectivity index (χ0) is 12.4. The molecule has 6 heteroatoms. The molecule has 0 spiro atoms. The van der Waals surface area contributed by atoms with Gasteiger partial charge in [-0.05, 0) is 40.4 Å². The highest BCUT2D eigenvalue weighted by Crippen LogP contribution is 1.98. The van der Waals surface area contributed by atoms with Crippen LogP contribution in [0.25, 0.3) is 0 Å². The number of halogens is 2. The van der Waals surface area contributed by atoms with Crippen LogP contribution in [0.4, 0.5) is 0 Å². The van der Waals surface area contributed by atoms with Crippen molar-refractivity contribution in [3.8, 4) is 0 Å². The Bertz CT molecular complexity index is 194. The zero-order valence-corrected chi connectivity index (χ0v) is 13.6. The summed E-state index contributed by atoms with van der Waals surface area (Å²) >= 11 is 0. The van der Waals surface area contributed by atoms with Crippen molar-refractivity contribution < 1.29 is 4.79 Å². The third-order valence-electron chi connectivity index (χ3n) is 2.96. The summed E-state index contributed by atoms with van der Waals surface area (Å²) in [7, 11) is 4.00. The van der Waals surface area contributed by atoms with Crippen molar-refractivity contribution in [3.63, 3.8) is 0 Å². The minimum Gasteiger partial charge on any atom is -0.355 e. The zero-order valence-electron chi connectivity index (χ0n) is 12.0. The molecular formula is C12H29Cl2N3O. The summed E-state index contributed by atoms with van der Waals surface area (Å²) in [5, 5.41) is 5.97. The van der Waals surface area contributed by atoms with Crippen LogP contribution in [0.5, 0.6) is 0 Å². The van der Waals surface area contributed by atoms with Gasteiger partial charge in [-0.2, -0.15) is 0 Å². The maximum absolute atomic E-state index is 11.4. The van der Waals surface area contributed by atoms with E-state index in [-0.39, 0.29) is 30.7 Å². The van der Waals surface area contributed by atoms with Crippen molar-refractivity contribution >= 4 is 30.7 Å². The highest BCUT2D eigenvalue weighted by atomic mass is 35.5. The minimum atomic E-state index is 0. The number of nitrogens with one attached hydrogen (secondary N) is 2. The molecule has 2 N–H and O–H groups in total. The van der Waals surface area contributed by atoms with Gasteiger partial charge >= 0.3 is 0 Å². The van der Waals surface area contributed by atoms with Crippen molar-refractivity contribution in [1.29, 1.82) is 0 Å². The van der Waals surface area contributed by atoms with E-state index >= 15 is 0 Å². The fourth-order valence-electron chi connectivity index (χ4n) is 1.42. The fraction of sp³-hybridized carbons (Fsp3) is 0.917. The van der Waals surface area contributed by atoms with Crippen molar-refractivity contribution in [2.24, 2.45) is 0 Å². The van der Waals surface area contributed by atoms with E-state index in [2.05, 4.69) is 36.4 Å². The number of carbonyl (C=O) groups excluding carboxylic acids is 1. The van der Waals surface area contributed by atoms with Crippen molar-refractivity contribution in [1.82, 2.24) is 15.5 Å². The van der Waals surface area contributed by atoms with E-state index in [1.807, 2.05) is 7.05 Å². The fourth-order valence-corrected chi connectivity index (χ4v) is 1.42. The van der Waals surface area contributed by atoms with Gasteiger partial charge < -0.3 is 15.5 Å². The Morgan fingerprint density at radius 3 is 2.39 bits per heavy atom. The maximum atomic E-state index is 11.4. The third-order valence-corrected chi connectivity index (χ3v) is 2.96. The summed E-state index contributed by atoms with van der Waals surface area (Å²) in [5.74, 6) is 0.160. The number of rotatable bonds is 9. The normalized spacial score (nSPS) is 11.4. The highest BCUT2D eigenvalue weighted by molar-refractivity contribution is 5.85. The van der Waals surface area contributed by atoms with Crippen LogP contribution in [0, 0.1) is 0 Å². The molecule has 0 saturated carbocycles. The van der Waals surface area contributed by atoms with Crippen LogP contribution in [-0.4, -0.2) is 50.6 Å². The average molecular weight is 302 g/mol. The first-order valence-corrected chi connectivity index (χ1v) is 6.23. The second-order valence-corrected chi connectivity index (χ2v) is 4.29. The van der Waals surface area contributed by atoms with Crippen molar-refractivity contribution in [2.75, 3.05) is 33.7 Å². The van der Waals surface area contributed by atoms with Crippen molar-refractivity contribution in [2.45, 2.75) is 39.2 Å². The molecule has 0 rings (SSSR count). The quantitative estimate of drug-likeness (QED) is 0.637. The summed E-state index contributed by atoms with van der Waals surface area (Å²) in [5.41, 5.74) is 0. The number of amides is 1. The molecule has 0 bridgehead atoms. The summed E-state index contributed by atoms with van der Waals surface area (Å²) in [6, 6.07) is 0.584. The van der Waals surface area contributed by atoms with Gasteiger partial charge in [0.25, 0.3) is 0 Å². The van der Waals surface area contributed by atoms with Crippen LogP contribution < -0.4 is 10.6 Å². The van der Waals surface area contributed by atoms with Gasteiger partial charge in [-0.3, -0.25) is 4.79 Å². The molecule has 1 atom stereocenters. The molecule has 1 unspecified atom stereocenters. The van der Waals surface area contributed by atoms with E-state index in [0.29, 0.717) is 12.5 Å². The topological polar surface area (TPSA) is 44.4 Å². The molecule has 0 aliphatic heterocycles. The van der Waals surface area contributed by atoms with Gasteiger partial charge in [0.05, 0.1) is 0 Å². The number of carbonyl (C=O) groups is 1. The number of nitrogens with zero attached hydrogens (tertiary/aromatic N) is 1. The molecule has 0 saturated heterocycles. The summed E-state index contributed by atoms with van der Waals surface area (Å²) in [6.07, 6.45) is 2.67. The Morgan fingerprint density at radius 2 is 1.89 bits per heavy atom. The monoisotopic (exact) mass is 301 g/mol. The number of hydrogen-bond acceptors (Lipinski definition) is 3. The second kappa shape index (κ2) is 15.0. The van der Waals surface area contributed by atoms with E-state index in [1.165, 1.54) is 0 Å². The summed E-state index contributed by atoms with van der Waals surface area (Å²) in [6.45, 7) is 6.96. The van der Waals surface area contributed by atoms with Crippen LogP contribution in [0.1, 0.15) is 33.1 Å². The lowest BCUT2D eigenvalue weighted by molar-refractivity contribution is -0.121. The standard InChI is InChI=1S/C12H27N3O.2ClH/c1-5-11(2)15(4)10-9-14-12(16)7-6-8-13-3;;/h11,13H,5-10H2,1-4H3,(H,14,16);2*1H. The number of likely N-dealkylation sites (N-methyl/N-ethyl adjacent to an activating group) is 1. The predicted octanol–water partition coefficient (Wildman–Crippen LogP) is 1.68. The van der Waals surface area contributed by atoms with E-state index in [9.17, 15) is 4.79 Å². The Balaban J connectivity index is -0.00000112. The van der Waals surface area contributed by atoms with Gasteiger partial charge in [0.15, 0.2) is 0 Å². The van der Waals surface area contributed by atoms with Crippen LogP contribution in [0.15, 0.2) is 0 Å². The van der Waals surface area contributed by atoms with Gasteiger partial charge in [-0.25, -0.2) is 0 Å². The largest absolute Gasteiger partial charge is 0.355 e. The summed E-state index contributed by atoms with van der Waals surface area (Å²) in [4.78, 5) is 13.7. The lowest BCUT2D eigenvalue weighted by atomic mass is 10.2. The Hall–Kier alpha value is -0.0300. The maximum Gasteiger partial charge on any atom is 0.220 e. The average Bonchev–Trinajstić information content (AvgIpc) is 2.28. The third kappa shape index (κ3) is 12.4. The van der Waals surface area contributed by atoms with Crippen LogP contribution in [0.2, 0.25) is 0 Å². The van der Waals surface area contributed by atoms with Gasteiger partial charge in [-0.15, -0.1) is 24.8 Å². The molecule has 0 heterocycles. The molecule has 0 fully saturated rings. The molecule has 0 aliphatic rings. The first-order chi connectivity index (χ1) is 7.61. The van der Waals surface area contributed by atoms with Crippen LogP contribution in [-0.2, 0) is 4.79 Å². The summed E-state index contributed by atoms with van der Waals surface area (Å²) < 4.78 is 0. The van der Waals surface area contributed by atoms with E-state index in [4.69, 9.17) is 0 Å². The molecule has 0 aromatic heterocycles. The molecule has 0 aliphatic carbocycles. The van der Waals surface area contributed by atoms with Crippen molar-refractivity contribution in [3.05, 3.63) is 0 Å². The molecule has 4 nitrogen and oxygen atoms in total. The van der Waals surface area contributed by atoms with E-state index < -0.39 is 0 Å². The molecular weight excluding hydrogens is 273 g/mol. The lowest BCUT2D eigenvalue weighted by Gasteiger charge is -2.23. The van der Waals surface area contributed by atoms with E-state index in [1.54, 1.807) is 0 Å². The van der Waals surface area contributed by atoms with Crippen LogP contribution >= 0.6 is 24.8 Å². The number of hydrogen-bond donors (Lipinski definition) is 2. The van der Waals surface area contributed by atoms with E-state index in [0.717, 1.165) is 32.5 Å². The molecule has 18 heavy (non-hydrogen) atoms. The van der Waals surface area contributed by atoms with Gasteiger partial charge in [0, 0.05) is 25.6 Å². The first-order valence-electron chi connectivity index (χ1n) is 6.23. The smallest absolute Gasteiger partial charge is 0.220 e. The SMILES string of the molecule is CCC(C)N(C)CCNC(=O)CCCNC.Cl.Cl. The molecule has 0 aromatic carbocycles. The van der Waals surface area contributed by atoms with Crippen LogP contribution in [0.3, 0.4) is 0 Å². The molecule has 0 aromatic rings. The molecule has 1 amide bonds. The minimum absolute atomic E-state index is 0. The van der Waals surface area contributed by atoms with Gasteiger partial charge in [0.1, 0.15) is 0 Å². The first kappa shape index (κ1) is 23.1. The van der Waals surface area contributed by atoms with Gasteiger partial charge in [-0.1, -0.05) is 6.92 Å². The predicted molar refractivity (Wildman–Crippen MR) is 83.0 cm³/mol. The Labute approximate surface area is 124 Å². The molecule has 112 valence electrons. The lowest BCUT2D eigenvalue weighted by Crippen LogP contribution is -2.37. The second-order valence-electron chi connectivity index (χ2n) is 4.29. The molecule has 0 radical (unpaired) electrons. The van der Waals surface area contributed by atoms with Gasteiger partial charge in [0.2, 0.25) is 5.91 Å².